The number of benzene rings is 1. The van der Waals surface area contributed by atoms with Gasteiger partial charge in [0, 0.05) is 31.7 Å². The molecule has 4 nitrogen and oxygen atoms in total. The molecular weight excluding hydrogens is 273 g/mol. The molecule has 2 N–H and O–H groups in total. The predicted molar refractivity (Wildman–Crippen MR) is 78.4 cm³/mol. The fraction of sp³-hybridized carbons (Fsp3) is 0.438. The number of aliphatic hydroxyl groups is 1. The molecular formula is C16H20FNO3. The maximum atomic E-state index is 13.3. The van der Waals surface area contributed by atoms with Gasteiger partial charge in [0.05, 0.1) is 12.2 Å². The Morgan fingerprint density at radius 2 is 2.29 bits per heavy atom. The zero-order valence-electron chi connectivity index (χ0n) is 12.3. The van der Waals surface area contributed by atoms with Crippen molar-refractivity contribution in [1.82, 2.24) is 5.32 Å². The first-order valence-electron chi connectivity index (χ1n) is 6.77. The molecule has 0 aliphatic rings. The minimum Gasteiger partial charge on any atom is -0.395 e. The molecule has 1 amide bonds. The number of carbonyl (C=O) groups excluding carboxylic acids is 1. The van der Waals surface area contributed by atoms with Gasteiger partial charge in [-0.25, -0.2) is 4.39 Å². The summed E-state index contributed by atoms with van der Waals surface area (Å²) in [6.45, 7) is 2.35. The molecule has 0 heterocycles. The van der Waals surface area contributed by atoms with E-state index in [2.05, 4.69) is 17.2 Å². The van der Waals surface area contributed by atoms with E-state index in [1.165, 1.54) is 18.2 Å². The second-order valence-electron chi connectivity index (χ2n) is 4.62. The third-order valence-electron chi connectivity index (χ3n) is 2.82. The average molecular weight is 293 g/mol. The number of aliphatic hydroxyl groups excluding tert-OH is 1. The van der Waals surface area contributed by atoms with Gasteiger partial charge in [0.15, 0.2) is 0 Å². The Hall–Kier alpha value is -1.90. The number of rotatable bonds is 6. The molecule has 1 aromatic rings. The van der Waals surface area contributed by atoms with Gasteiger partial charge < -0.3 is 15.2 Å². The van der Waals surface area contributed by atoms with Crippen molar-refractivity contribution in [3.05, 3.63) is 35.1 Å². The van der Waals surface area contributed by atoms with Crippen molar-refractivity contribution in [3.8, 4) is 11.8 Å². The number of ether oxygens (including phenoxy) is 1. The second-order valence-corrected chi connectivity index (χ2v) is 4.62. The Morgan fingerprint density at radius 1 is 1.52 bits per heavy atom. The first kappa shape index (κ1) is 17.2. The summed E-state index contributed by atoms with van der Waals surface area (Å²) in [4.78, 5) is 12.2. The normalized spacial score (nSPS) is 11.4. The fourth-order valence-electron chi connectivity index (χ4n) is 1.70. The summed E-state index contributed by atoms with van der Waals surface area (Å²) < 4.78 is 18.2. The van der Waals surface area contributed by atoms with Crippen molar-refractivity contribution >= 4 is 5.91 Å². The van der Waals surface area contributed by atoms with Crippen molar-refractivity contribution in [2.24, 2.45) is 0 Å². The Labute approximate surface area is 124 Å². The average Bonchev–Trinajstić information content (AvgIpc) is 2.45. The summed E-state index contributed by atoms with van der Waals surface area (Å²) in [7, 11) is 1.60. The predicted octanol–water partition coefficient (Wildman–Crippen LogP) is 1.71. The number of nitrogens with one attached hydrogen (secondary N) is 1. The smallest absolute Gasteiger partial charge is 0.252 e. The van der Waals surface area contributed by atoms with Crippen LogP contribution < -0.4 is 5.32 Å². The van der Waals surface area contributed by atoms with E-state index < -0.39 is 5.82 Å². The third-order valence-corrected chi connectivity index (χ3v) is 2.82. The lowest BCUT2D eigenvalue weighted by Crippen LogP contribution is -2.33. The zero-order valence-corrected chi connectivity index (χ0v) is 12.3. The number of amides is 1. The summed E-state index contributed by atoms with van der Waals surface area (Å²) in [5, 5.41) is 11.5. The SMILES string of the molecule is COCCC(C)NC(=O)c1ccc(F)cc1C#CCCO. The number of methoxy groups -OCH3 is 1. The summed E-state index contributed by atoms with van der Waals surface area (Å²) in [6, 6.07) is 3.81. The van der Waals surface area contributed by atoms with E-state index >= 15 is 0 Å². The maximum Gasteiger partial charge on any atom is 0.252 e. The van der Waals surface area contributed by atoms with Gasteiger partial charge in [-0.3, -0.25) is 4.79 Å². The number of carbonyl (C=O) groups is 1. The highest BCUT2D eigenvalue weighted by atomic mass is 19.1. The molecule has 0 fully saturated rings. The van der Waals surface area contributed by atoms with E-state index in [1.54, 1.807) is 7.11 Å². The summed E-state index contributed by atoms with van der Waals surface area (Å²) in [6.07, 6.45) is 0.969. The lowest BCUT2D eigenvalue weighted by molar-refractivity contribution is 0.0929. The second kappa shape index (κ2) is 9.11. The van der Waals surface area contributed by atoms with E-state index in [0.717, 1.165) is 0 Å². The Kier molecular flexibility index (Phi) is 7.44. The Bertz CT molecular complexity index is 534. The minimum atomic E-state index is -0.452. The van der Waals surface area contributed by atoms with Gasteiger partial charge >= 0.3 is 0 Å². The van der Waals surface area contributed by atoms with E-state index in [-0.39, 0.29) is 25.0 Å². The van der Waals surface area contributed by atoms with Crippen LogP contribution in [0.15, 0.2) is 18.2 Å². The molecule has 0 spiro atoms. The molecule has 5 heteroatoms. The minimum absolute atomic E-state index is 0.0549. The van der Waals surface area contributed by atoms with Crippen LogP contribution in [0, 0.1) is 17.7 Å². The van der Waals surface area contributed by atoms with Gasteiger partial charge in [0.2, 0.25) is 0 Å². The van der Waals surface area contributed by atoms with Crippen LogP contribution in [-0.2, 0) is 4.74 Å². The molecule has 0 aliphatic carbocycles. The molecule has 0 aromatic heterocycles. The molecule has 1 rings (SSSR count). The van der Waals surface area contributed by atoms with E-state index in [4.69, 9.17) is 9.84 Å². The molecule has 0 aliphatic heterocycles. The molecule has 0 saturated heterocycles. The van der Waals surface area contributed by atoms with Gasteiger partial charge in [-0.2, -0.15) is 0 Å². The Balaban J connectivity index is 2.86. The fourth-order valence-corrected chi connectivity index (χ4v) is 1.70. The van der Waals surface area contributed by atoms with Gasteiger partial charge in [0.1, 0.15) is 5.82 Å². The van der Waals surface area contributed by atoms with Crippen LogP contribution >= 0.6 is 0 Å². The van der Waals surface area contributed by atoms with Crippen molar-refractivity contribution < 1.29 is 19.0 Å². The summed E-state index contributed by atoms with van der Waals surface area (Å²) >= 11 is 0. The third kappa shape index (κ3) is 5.94. The van der Waals surface area contributed by atoms with Gasteiger partial charge in [-0.1, -0.05) is 11.8 Å². The highest BCUT2D eigenvalue weighted by Gasteiger charge is 2.13. The molecule has 1 unspecified atom stereocenters. The highest BCUT2D eigenvalue weighted by Crippen LogP contribution is 2.11. The topological polar surface area (TPSA) is 58.6 Å². The molecule has 0 radical (unpaired) electrons. The van der Waals surface area contributed by atoms with Crippen molar-refractivity contribution in [2.75, 3.05) is 20.3 Å². The molecule has 21 heavy (non-hydrogen) atoms. The van der Waals surface area contributed by atoms with E-state index in [1.807, 2.05) is 6.92 Å². The molecule has 1 atom stereocenters. The summed E-state index contributed by atoms with van der Waals surface area (Å²) in [5.74, 6) is 4.66. The molecule has 0 bridgehead atoms. The molecule has 1 aromatic carbocycles. The van der Waals surface area contributed by atoms with Crippen molar-refractivity contribution in [3.63, 3.8) is 0 Å². The van der Waals surface area contributed by atoms with E-state index in [9.17, 15) is 9.18 Å². The van der Waals surface area contributed by atoms with Crippen LogP contribution in [0.5, 0.6) is 0 Å². The van der Waals surface area contributed by atoms with Gasteiger partial charge in [-0.05, 0) is 31.5 Å². The lowest BCUT2D eigenvalue weighted by atomic mass is 10.1. The quantitative estimate of drug-likeness (QED) is 0.785. The van der Waals surface area contributed by atoms with Crippen molar-refractivity contribution in [2.45, 2.75) is 25.8 Å². The lowest BCUT2D eigenvalue weighted by Gasteiger charge is -2.14. The summed E-state index contributed by atoms with van der Waals surface area (Å²) in [5.41, 5.74) is 0.644. The van der Waals surface area contributed by atoms with Crippen LogP contribution in [-0.4, -0.2) is 37.4 Å². The first-order valence-corrected chi connectivity index (χ1v) is 6.77. The zero-order chi connectivity index (χ0) is 15.7. The maximum absolute atomic E-state index is 13.3. The number of halogens is 1. The van der Waals surface area contributed by atoms with Gasteiger partial charge in [-0.15, -0.1) is 0 Å². The van der Waals surface area contributed by atoms with Crippen LogP contribution in [0.2, 0.25) is 0 Å². The first-order chi connectivity index (χ1) is 10.1. The van der Waals surface area contributed by atoms with Crippen LogP contribution in [0.1, 0.15) is 35.7 Å². The van der Waals surface area contributed by atoms with Crippen LogP contribution in [0.25, 0.3) is 0 Å². The monoisotopic (exact) mass is 293 g/mol. The van der Waals surface area contributed by atoms with E-state index in [0.29, 0.717) is 24.2 Å². The highest BCUT2D eigenvalue weighted by molar-refractivity contribution is 5.96. The largest absolute Gasteiger partial charge is 0.395 e. The molecule has 114 valence electrons. The standard InChI is InChI=1S/C16H20FNO3/c1-12(8-10-21-2)18-16(20)15-7-6-14(17)11-13(15)5-3-4-9-19/h6-7,11-12,19H,4,8-10H2,1-2H3,(H,18,20). The van der Waals surface area contributed by atoms with Crippen LogP contribution in [0.4, 0.5) is 4.39 Å². The van der Waals surface area contributed by atoms with Crippen LogP contribution in [0.3, 0.4) is 0 Å². The molecule has 0 saturated carbocycles. The Morgan fingerprint density at radius 3 is 2.95 bits per heavy atom. The number of hydrogen-bond donors (Lipinski definition) is 2. The van der Waals surface area contributed by atoms with Crippen molar-refractivity contribution in [1.29, 1.82) is 0 Å². The van der Waals surface area contributed by atoms with Gasteiger partial charge in [0.25, 0.3) is 5.91 Å². The number of hydrogen-bond acceptors (Lipinski definition) is 3.